The van der Waals surface area contributed by atoms with Crippen molar-refractivity contribution in [1.29, 1.82) is 0 Å². The fourth-order valence-electron chi connectivity index (χ4n) is 4.37. The highest BCUT2D eigenvalue weighted by molar-refractivity contribution is 7.09. The van der Waals surface area contributed by atoms with E-state index in [2.05, 4.69) is 46.4 Å². The molecule has 4 nitrogen and oxygen atoms in total. The van der Waals surface area contributed by atoms with Crippen molar-refractivity contribution in [3.05, 3.63) is 87.9 Å². The van der Waals surface area contributed by atoms with Crippen LogP contribution in [0.4, 0.5) is 0 Å². The van der Waals surface area contributed by atoms with Crippen LogP contribution in [0, 0.1) is 0 Å². The summed E-state index contributed by atoms with van der Waals surface area (Å²) in [5, 5.41) is 6.13. The number of nitrogens with zero attached hydrogens (tertiary/aromatic N) is 2. The Morgan fingerprint density at radius 1 is 1.17 bits per heavy atom. The van der Waals surface area contributed by atoms with E-state index in [1.54, 1.807) is 17.5 Å². The van der Waals surface area contributed by atoms with Crippen molar-refractivity contribution >= 4 is 17.2 Å². The molecule has 1 aliphatic rings. The molecule has 156 valence electrons. The molecule has 0 radical (unpaired) electrons. The summed E-state index contributed by atoms with van der Waals surface area (Å²) >= 11 is 1.58. The molecule has 2 unspecified atom stereocenters. The van der Waals surface area contributed by atoms with E-state index in [1.165, 1.54) is 11.1 Å². The van der Waals surface area contributed by atoms with Crippen LogP contribution in [0.3, 0.4) is 0 Å². The molecule has 0 bridgehead atoms. The van der Waals surface area contributed by atoms with Crippen LogP contribution in [0.2, 0.25) is 0 Å². The van der Waals surface area contributed by atoms with E-state index in [1.807, 2.05) is 35.7 Å². The number of nitrogens with one attached hydrogen (secondary N) is 1. The number of benzene rings is 2. The number of thiazole rings is 1. The van der Waals surface area contributed by atoms with Gasteiger partial charge in [-0.15, -0.1) is 11.3 Å². The Kier molecular flexibility index (Phi) is 6.92. The first-order chi connectivity index (χ1) is 14.7. The van der Waals surface area contributed by atoms with E-state index < -0.39 is 0 Å². The fraction of sp³-hybridized carbons (Fsp3) is 0.360. The van der Waals surface area contributed by atoms with Gasteiger partial charge in [-0.05, 0) is 48.9 Å². The number of rotatable bonds is 8. The molecule has 1 heterocycles. The van der Waals surface area contributed by atoms with Crippen molar-refractivity contribution in [3.63, 3.8) is 0 Å². The molecule has 30 heavy (non-hydrogen) atoms. The summed E-state index contributed by atoms with van der Waals surface area (Å²) in [6.45, 7) is 3.55. The number of carbonyl (C=O) groups is 1. The van der Waals surface area contributed by atoms with Gasteiger partial charge in [0.2, 0.25) is 5.91 Å². The summed E-state index contributed by atoms with van der Waals surface area (Å²) < 4.78 is 0. The number of fused-ring (bicyclic) bond motifs is 1. The molecule has 1 N–H and O–H groups in total. The average Bonchev–Trinajstić information content (AvgIpc) is 3.32. The predicted octanol–water partition coefficient (Wildman–Crippen LogP) is 4.62. The van der Waals surface area contributed by atoms with Crippen molar-refractivity contribution in [2.24, 2.45) is 0 Å². The van der Waals surface area contributed by atoms with Crippen molar-refractivity contribution in [3.8, 4) is 0 Å². The van der Waals surface area contributed by atoms with Gasteiger partial charge in [0.1, 0.15) is 11.0 Å². The van der Waals surface area contributed by atoms with Crippen molar-refractivity contribution in [2.75, 3.05) is 13.1 Å². The third-order valence-electron chi connectivity index (χ3n) is 5.83. The summed E-state index contributed by atoms with van der Waals surface area (Å²) in [5.41, 5.74) is 3.96. The highest BCUT2D eigenvalue weighted by Crippen LogP contribution is 2.26. The number of aryl methyl sites for hydroxylation is 1. The Balaban J connectivity index is 1.46. The van der Waals surface area contributed by atoms with Crippen LogP contribution in [0.5, 0.6) is 0 Å². The molecule has 4 rings (SSSR count). The SMILES string of the molecule is CCCN(CC(=O)NC(c1ccccc1)c1nccs1)C1CCc2ccccc2C1. The number of amides is 1. The van der Waals surface area contributed by atoms with Crippen LogP contribution in [0.1, 0.15) is 47.5 Å². The molecule has 1 aromatic heterocycles. The van der Waals surface area contributed by atoms with Gasteiger partial charge in [0, 0.05) is 17.6 Å². The largest absolute Gasteiger partial charge is 0.342 e. The highest BCUT2D eigenvalue weighted by atomic mass is 32.1. The minimum Gasteiger partial charge on any atom is -0.342 e. The number of aromatic nitrogens is 1. The molecule has 1 aliphatic carbocycles. The van der Waals surface area contributed by atoms with E-state index in [-0.39, 0.29) is 11.9 Å². The van der Waals surface area contributed by atoms with Gasteiger partial charge in [0.25, 0.3) is 0 Å². The zero-order chi connectivity index (χ0) is 20.8. The summed E-state index contributed by atoms with van der Waals surface area (Å²) in [6.07, 6.45) is 6.07. The number of hydrogen-bond donors (Lipinski definition) is 1. The summed E-state index contributed by atoms with van der Waals surface area (Å²) in [5.74, 6) is 0.0614. The molecule has 0 fully saturated rings. The lowest BCUT2D eigenvalue weighted by Crippen LogP contribution is -2.46. The first kappa shape index (κ1) is 20.8. The van der Waals surface area contributed by atoms with Crippen LogP contribution in [-0.2, 0) is 17.6 Å². The maximum Gasteiger partial charge on any atom is 0.235 e. The molecule has 0 spiro atoms. The minimum atomic E-state index is -0.200. The summed E-state index contributed by atoms with van der Waals surface area (Å²) in [6, 6.07) is 19.0. The third-order valence-corrected chi connectivity index (χ3v) is 6.67. The number of carbonyl (C=O) groups excluding carboxylic acids is 1. The first-order valence-corrected chi connectivity index (χ1v) is 11.7. The van der Waals surface area contributed by atoms with Gasteiger partial charge in [-0.1, -0.05) is 61.5 Å². The lowest BCUT2D eigenvalue weighted by atomic mass is 9.87. The zero-order valence-electron chi connectivity index (χ0n) is 17.5. The van der Waals surface area contributed by atoms with Gasteiger partial charge >= 0.3 is 0 Å². The molecule has 2 aromatic carbocycles. The minimum absolute atomic E-state index is 0.0614. The Labute approximate surface area is 183 Å². The Morgan fingerprint density at radius 3 is 2.67 bits per heavy atom. The van der Waals surface area contributed by atoms with Crippen LogP contribution in [-0.4, -0.2) is 34.9 Å². The van der Waals surface area contributed by atoms with Crippen LogP contribution >= 0.6 is 11.3 Å². The average molecular weight is 420 g/mol. The van der Waals surface area contributed by atoms with Gasteiger partial charge in [-0.3, -0.25) is 9.69 Å². The Morgan fingerprint density at radius 2 is 1.93 bits per heavy atom. The van der Waals surface area contributed by atoms with E-state index in [9.17, 15) is 4.79 Å². The van der Waals surface area contributed by atoms with Gasteiger partial charge in [-0.2, -0.15) is 0 Å². The predicted molar refractivity (Wildman–Crippen MR) is 123 cm³/mol. The maximum absolute atomic E-state index is 13.1. The molecule has 1 amide bonds. The van der Waals surface area contributed by atoms with Crippen molar-refractivity contribution in [1.82, 2.24) is 15.2 Å². The van der Waals surface area contributed by atoms with Gasteiger partial charge < -0.3 is 5.32 Å². The molecular formula is C25H29N3OS. The van der Waals surface area contributed by atoms with Gasteiger partial charge in [0.15, 0.2) is 0 Å². The fourth-order valence-corrected chi connectivity index (χ4v) is 5.08. The molecule has 5 heteroatoms. The molecule has 0 saturated heterocycles. The second-order valence-corrected chi connectivity index (χ2v) is 8.84. The molecule has 3 aromatic rings. The quantitative estimate of drug-likeness (QED) is 0.580. The lowest BCUT2D eigenvalue weighted by molar-refractivity contribution is -0.123. The Hall–Kier alpha value is -2.50. The first-order valence-electron chi connectivity index (χ1n) is 10.8. The van der Waals surface area contributed by atoms with Crippen LogP contribution in [0.15, 0.2) is 66.2 Å². The van der Waals surface area contributed by atoms with E-state index in [0.717, 1.165) is 42.8 Å². The zero-order valence-corrected chi connectivity index (χ0v) is 18.3. The smallest absolute Gasteiger partial charge is 0.235 e. The van der Waals surface area contributed by atoms with Crippen molar-refractivity contribution in [2.45, 2.75) is 44.7 Å². The maximum atomic E-state index is 13.1. The van der Waals surface area contributed by atoms with Gasteiger partial charge in [0.05, 0.1) is 6.54 Å². The lowest BCUT2D eigenvalue weighted by Gasteiger charge is -2.35. The third kappa shape index (κ3) is 4.97. The van der Waals surface area contributed by atoms with Crippen LogP contribution in [0.25, 0.3) is 0 Å². The Bertz CT molecular complexity index is 942. The van der Waals surface area contributed by atoms with Crippen LogP contribution < -0.4 is 5.32 Å². The second kappa shape index (κ2) is 10.0. The van der Waals surface area contributed by atoms with E-state index in [0.29, 0.717) is 12.6 Å². The molecule has 0 aliphatic heterocycles. The van der Waals surface area contributed by atoms with E-state index in [4.69, 9.17) is 0 Å². The second-order valence-electron chi connectivity index (χ2n) is 7.92. The normalized spacial score (nSPS) is 16.8. The molecular weight excluding hydrogens is 390 g/mol. The van der Waals surface area contributed by atoms with E-state index >= 15 is 0 Å². The standard InChI is InChI=1S/C25H29N3OS/c1-2-15-28(22-13-12-19-8-6-7-11-21(19)17-22)18-23(29)27-24(25-26-14-16-30-25)20-9-4-3-5-10-20/h3-11,14,16,22,24H,2,12-13,15,17-18H2,1H3,(H,27,29). The molecule has 0 saturated carbocycles. The molecule has 2 atom stereocenters. The highest BCUT2D eigenvalue weighted by Gasteiger charge is 2.26. The number of hydrogen-bond acceptors (Lipinski definition) is 4. The topological polar surface area (TPSA) is 45.2 Å². The summed E-state index contributed by atoms with van der Waals surface area (Å²) in [4.78, 5) is 20.0. The monoisotopic (exact) mass is 419 g/mol. The van der Waals surface area contributed by atoms with Crippen molar-refractivity contribution < 1.29 is 4.79 Å². The summed E-state index contributed by atoms with van der Waals surface area (Å²) in [7, 11) is 0. The van der Waals surface area contributed by atoms with Gasteiger partial charge in [-0.25, -0.2) is 4.98 Å².